The lowest BCUT2D eigenvalue weighted by molar-refractivity contribution is -0.205. The van der Waals surface area contributed by atoms with E-state index in [9.17, 15) is 131 Å². The third-order valence-electron chi connectivity index (χ3n) is 16.7. The number of hydrogen-bond donors (Lipinski definition) is 28. The van der Waals surface area contributed by atoms with Gasteiger partial charge in [0.05, 0.1) is 62.6 Å². The molecular formula is C58H144O55P18S9. The first-order valence-electron chi connectivity index (χ1n) is 39.5. The molecule has 0 saturated carbocycles. The lowest BCUT2D eigenvalue weighted by Crippen LogP contribution is -2.39. The Morgan fingerprint density at radius 2 is 0.379 bits per heavy atom. The normalized spacial score (nSPS) is 20.4. The van der Waals surface area contributed by atoms with Crippen molar-refractivity contribution in [2.24, 2.45) is 0 Å². The zero-order valence-electron chi connectivity index (χ0n) is 79.2. The fourth-order valence-electron chi connectivity index (χ4n) is 10.1. The Labute approximate surface area is 842 Å². The smallest absolute Gasteiger partial charge is 0.370 e. The second-order valence-electron chi connectivity index (χ2n) is 30.8. The molecule has 1 rings (SSSR count). The van der Waals surface area contributed by atoms with E-state index in [4.69, 9.17) is 132 Å². The molecule has 55 nitrogen and oxygen atoms in total. The quantitative estimate of drug-likeness (QED) is 0.0228. The average molecular weight is 2570 g/mol. The molecule has 0 aliphatic carbocycles. The lowest BCUT2D eigenvalue weighted by atomic mass is 10.1. The van der Waals surface area contributed by atoms with Crippen LogP contribution in [0, 0.1) is 0 Å². The maximum absolute atomic E-state index is 11.2. The molecule has 0 spiro atoms. The largest absolute Gasteiger partial charge is 0.778 e. The summed E-state index contributed by atoms with van der Waals surface area (Å²) in [5.74, 6) is 3.29. The minimum absolute atomic E-state index is 0.185. The van der Waals surface area contributed by atoms with Crippen LogP contribution in [-0.4, -0.2) is 346 Å². The van der Waals surface area contributed by atoms with Gasteiger partial charge in [-0.05, 0) is 161 Å². The molecule has 850 valence electrons. The number of benzene rings is 1. The molecule has 26 unspecified atom stereocenters. The zero-order valence-corrected chi connectivity index (χ0v) is 103. The van der Waals surface area contributed by atoms with Crippen LogP contribution >= 0.6 is 137 Å². The molecule has 0 amide bonds. The van der Waals surface area contributed by atoms with Crippen LogP contribution in [-0.2, 0) is 187 Å². The summed E-state index contributed by atoms with van der Waals surface area (Å²) in [4.78, 5) is 335. The van der Waals surface area contributed by atoms with Gasteiger partial charge in [-0.1, -0.05) is 78.8 Å². The van der Waals surface area contributed by atoms with Crippen LogP contribution in [0.4, 0.5) is 0 Å². The number of aryl methyl sites for hydroxylation is 1. The standard InChI is InChI=1S/C12H20O6P2S.7C6H16O6P2S.C4H12O7P2S/c1-21(9-5-8-11-6-3-2-4-7-11)10-12(19(13,14)15)20(16,17)18;7*1-3-4-15(2)5-6(13(7,8)9)14(10,11)12;1-14(2)3-4(5,12(6,7)8)13(9,10)11/h2-4,6-7,12H,5,8-10H2,1H3,(H3-,13,14,15,16,17,18);7*6H,3-5H2,1-2H3,(H3-,7,8,9,10,11,12);5H,3H2,1-2H3,(H3-,6,7,8,9,10,11). The topological polar surface area (TPSA) is 1080 Å². The molecular weight excluding hydrogens is 2420 g/mol. The van der Waals surface area contributed by atoms with Crippen molar-refractivity contribution in [2.45, 2.75) is 155 Å². The fourth-order valence-corrected chi connectivity index (χ4v) is 62.6. The van der Waals surface area contributed by atoms with Crippen molar-refractivity contribution in [3.05, 3.63) is 35.9 Å². The Bertz CT molecular complexity index is 3810. The van der Waals surface area contributed by atoms with Crippen molar-refractivity contribution in [1.29, 1.82) is 0 Å². The van der Waals surface area contributed by atoms with Gasteiger partial charge in [0, 0.05) is 0 Å². The van der Waals surface area contributed by atoms with Gasteiger partial charge in [0.25, 0.3) is 5.08 Å². The van der Waals surface area contributed by atoms with E-state index in [1.54, 1.807) is 50.0 Å². The van der Waals surface area contributed by atoms with Gasteiger partial charge in [-0.15, -0.1) is 0 Å². The molecule has 26 atom stereocenters. The first kappa shape index (κ1) is 160. The van der Waals surface area contributed by atoms with Gasteiger partial charge in [0.1, 0.15) is 92.0 Å². The molecule has 0 aliphatic rings. The van der Waals surface area contributed by atoms with Gasteiger partial charge in [-0.2, -0.15) is 0 Å². The van der Waals surface area contributed by atoms with E-state index in [1.165, 1.54) is 12.5 Å². The van der Waals surface area contributed by atoms with Crippen LogP contribution in [0.3, 0.4) is 0 Å². The van der Waals surface area contributed by atoms with Gasteiger partial charge in [0.15, 0.2) is 117 Å². The summed E-state index contributed by atoms with van der Waals surface area (Å²) >= 11 is 0. The molecule has 82 heteroatoms. The van der Waals surface area contributed by atoms with E-state index in [0.29, 0.717) is 46.0 Å². The molecule has 0 aromatic heterocycles. The van der Waals surface area contributed by atoms with Crippen LogP contribution in [0.5, 0.6) is 0 Å². The zero-order chi connectivity index (χ0) is 114. The number of hydrogen-bond acceptors (Lipinski definition) is 28. The molecule has 0 aliphatic heterocycles. The van der Waals surface area contributed by atoms with Crippen LogP contribution in [0.1, 0.15) is 105 Å². The first-order valence-corrected chi connectivity index (χ1v) is 87.3. The summed E-state index contributed by atoms with van der Waals surface area (Å²) < 4.78 is 196. The van der Waals surface area contributed by atoms with E-state index in [1.807, 2.05) is 78.8 Å². The van der Waals surface area contributed by atoms with Gasteiger partial charge in [0.2, 0.25) is 0 Å². The lowest BCUT2D eigenvalue weighted by Gasteiger charge is -2.34. The van der Waals surface area contributed by atoms with Crippen molar-refractivity contribution in [1.82, 2.24) is 0 Å². The van der Waals surface area contributed by atoms with E-state index < -0.39 is 289 Å². The Morgan fingerprint density at radius 1 is 0.243 bits per heavy atom. The van der Waals surface area contributed by atoms with Crippen LogP contribution < -0.4 is 44.0 Å². The molecule has 0 bridgehead atoms. The third-order valence-corrected chi connectivity index (χ3v) is 71.1. The Hall–Kier alpha value is 5.03. The first-order chi connectivity index (χ1) is 61.6. The second kappa shape index (κ2) is 70.8. The summed E-state index contributed by atoms with van der Waals surface area (Å²) in [5, 5.41) is -9.76. The molecule has 1 aromatic carbocycles. The molecule has 0 fully saturated rings. The molecule has 1 aromatic rings. The maximum atomic E-state index is 11.2. The van der Waals surface area contributed by atoms with Crippen LogP contribution in [0.25, 0.3) is 0 Å². The predicted molar refractivity (Wildman–Crippen MR) is 547 cm³/mol. The molecule has 0 saturated heterocycles. The molecule has 28 N–H and O–H groups in total. The van der Waals surface area contributed by atoms with Gasteiger partial charge >= 0.3 is 68.4 Å². The summed E-state index contributed by atoms with van der Waals surface area (Å²) in [6.45, 7) is 13.3. The SMILES string of the molecule is CCC[S+](C)CC(P(=O)([O-])O)P(=O)(O)O.CCC[S+](C)CC(P(=O)([O-])O)P(=O)(O)O.CCC[S+](C)CC(P(=O)([O-])O)P(=O)(O)O.CCC[S+](C)CC(P(=O)([O-])O)P(=O)(O)O.CCC[S+](C)CC(P(=O)([O-])O)P(=O)(O)O.CCC[S+](C)CC(P(=O)([O-])O)P(=O)(O)O.CCC[S+](C)CC(P(=O)([O-])O)P(=O)(O)O.C[S+](C)CC(O)(P(=O)([O-])O)P(=O)(O)O.C[S+](CCCc1ccccc1)CC(P(=O)([O-])O)P(=O)(O)O. The third kappa shape index (κ3) is 79.1. The average Bonchev–Trinajstić information content (AvgIpc) is 0.767. The molecule has 0 heterocycles. The van der Waals surface area contributed by atoms with Crippen molar-refractivity contribution >= 4 is 235 Å². The number of aliphatic hydroxyl groups is 1. The van der Waals surface area contributed by atoms with Gasteiger partial charge in [-0.25, -0.2) is 0 Å². The predicted octanol–water partition coefficient (Wildman–Crippen LogP) is -2.99. The van der Waals surface area contributed by atoms with Gasteiger partial charge < -0.3 is 222 Å². The van der Waals surface area contributed by atoms with Crippen LogP contribution in [0.15, 0.2) is 30.3 Å². The highest BCUT2D eigenvalue weighted by atomic mass is 32.2. The minimum atomic E-state index is -5.51. The summed E-state index contributed by atoms with van der Waals surface area (Å²) in [6.07, 6.45) is 24.1. The Morgan fingerprint density at radius 3 is 0.471 bits per heavy atom. The summed E-state index contributed by atoms with van der Waals surface area (Å²) in [6, 6.07) is 9.78. The second-order valence-corrected chi connectivity index (χ2v) is 87.2. The fraction of sp³-hybridized carbons (Fsp3) is 0.897. The van der Waals surface area contributed by atoms with Crippen molar-refractivity contribution in [2.75, 3.05) is 160 Å². The Balaban J connectivity index is -0.000000234. The highest BCUT2D eigenvalue weighted by molar-refractivity contribution is 8.00. The number of rotatable bonds is 54. The highest BCUT2D eigenvalue weighted by Gasteiger charge is 2.57. The monoisotopic (exact) mass is 2570 g/mol. The van der Waals surface area contributed by atoms with E-state index in [2.05, 4.69) is 0 Å². The van der Waals surface area contributed by atoms with Crippen LogP contribution in [0.2, 0.25) is 0 Å². The minimum Gasteiger partial charge on any atom is -0.778 e. The maximum Gasteiger partial charge on any atom is 0.370 e. The Kier molecular flexibility index (Phi) is 81.0. The highest BCUT2D eigenvalue weighted by Crippen LogP contribution is 2.67. The summed E-state index contributed by atoms with van der Waals surface area (Å²) in [7, 11) is -93.3. The van der Waals surface area contributed by atoms with Crippen molar-refractivity contribution in [3.63, 3.8) is 0 Å². The molecule has 140 heavy (non-hydrogen) atoms. The molecule has 0 radical (unpaired) electrons. The van der Waals surface area contributed by atoms with E-state index in [-0.39, 0.29) is 46.0 Å². The summed E-state index contributed by atoms with van der Waals surface area (Å²) in [5.41, 5.74) is 1.16. The van der Waals surface area contributed by atoms with Gasteiger partial charge in [-0.3, -0.25) is 41.1 Å². The van der Waals surface area contributed by atoms with Crippen molar-refractivity contribution < 1.29 is 263 Å². The van der Waals surface area contributed by atoms with E-state index >= 15 is 0 Å². The van der Waals surface area contributed by atoms with Crippen molar-refractivity contribution in [3.8, 4) is 0 Å². The van der Waals surface area contributed by atoms with E-state index in [0.717, 1.165) is 63.4 Å².